The SMILES string of the molecule is CN(C(=O)Nc1ccc(C(=N)N)cc1)c1cccc(N(C)C(=O)Nc2ccc(C(=N)N)cc2)n1.Cl. The lowest BCUT2D eigenvalue weighted by atomic mass is 10.2. The summed E-state index contributed by atoms with van der Waals surface area (Å²) >= 11 is 0. The summed E-state index contributed by atoms with van der Waals surface area (Å²) in [7, 11) is 3.12. The van der Waals surface area contributed by atoms with Crippen molar-refractivity contribution in [1.29, 1.82) is 10.8 Å². The van der Waals surface area contributed by atoms with Gasteiger partial charge in [0.15, 0.2) is 0 Å². The standard InChI is InChI=1S/C23H25N9O2.ClH/c1-31(22(33)28-16-10-6-14(7-11-16)20(24)25)18-4-3-5-19(30-18)32(2)23(34)29-17-12-8-15(9-13-17)21(26)27;/h3-13H,1-2H3,(H3,24,25)(H3,26,27)(H,28,33)(H,29,34);1H. The van der Waals surface area contributed by atoms with Crippen molar-refractivity contribution < 1.29 is 9.59 Å². The van der Waals surface area contributed by atoms with Crippen molar-refractivity contribution in [3.8, 4) is 0 Å². The minimum atomic E-state index is -0.433. The number of amides is 4. The third kappa shape index (κ3) is 6.68. The highest BCUT2D eigenvalue weighted by Gasteiger charge is 2.17. The summed E-state index contributed by atoms with van der Waals surface area (Å²) in [5.41, 5.74) is 13.1. The van der Waals surface area contributed by atoms with Gasteiger partial charge in [0.1, 0.15) is 23.3 Å². The van der Waals surface area contributed by atoms with Gasteiger partial charge in [0.2, 0.25) is 0 Å². The molecule has 8 N–H and O–H groups in total. The van der Waals surface area contributed by atoms with Crippen LogP contribution < -0.4 is 31.9 Å². The predicted molar refractivity (Wildman–Crippen MR) is 141 cm³/mol. The summed E-state index contributed by atoms with van der Waals surface area (Å²) < 4.78 is 0. The van der Waals surface area contributed by atoms with E-state index >= 15 is 0 Å². The number of rotatable bonds is 6. The van der Waals surface area contributed by atoms with Crippen LogP contribution in [0.2, 0.25) is 0 Å². The molecule has 0 radical (unpaired) electrons. The number of carbonyl (C=O) groups is 2. The van der Waals surface area contributed by atoms with Crippen LogP contribution in [0.5, 0.6) is 0 Å². The number of nitrogen functional groups attached to an aromatic ring is 2. The zero-order valence-electron chi connectivity index (χ0n) is 19.1. The molecule has 0 atom stereocenters. The Morgan fingerprint density at radius 1 is 0.714 bits per heavy atom. The van der Waals surface area contributed by atoms with Crippen LogP contribution in [0.3, 0.4) is 0 Å². The number of benzene rings is 2. The molecule has 0 spiro atoms. The van der Waals surface area contributed by atoms with Crippen molar-refractivity contribution in [2.75, 3.05) is 34.5 Å². The molecule has 0 bridgehead atoms. The fourth-order valence-electron chi connectivity index (χ4n) is 2.87. The minimum Gasteiger partial charge on any atom is -0.384 e. The second-order valence-corrected chi connectivity index (χ2v) is 7.31. The number of anilines is 4. The van der Waals surface area contributed by atoms with E-state index in [4.69, 9.17) is 22.3 Å². The summed E-state index contributed by atoms with van der Waals surface area (Å²) in [5, 5.41) is 20.3. The fourth-order valence-corrected chi connectivity index (χ4v) is 2.87. The molecule has 4 amide bonds. The average molecular weight is 496 g/mol. The summed E-state index contributed by atoms with van der Waals surface area (Å²) in [4.78, 5) is 32.4. The van der Waals surface area contributed by atoms with Gasteiger partial charge in [-0.3, -0.25) is 20.6 Å². The van der Waals surface area contributed by atoms with Gasteiger partial charge in [0.25, 0.3) is 0 Å². The van der Waals surface area contributed by atoms with Crippen LogP contribution in [0.15, 0.2) is 66.7 Å². The van der Waals surface area contributed by atoms with Gasteiger partial charge in [0, 0.05) is 36.6 Å². The van der Waals surface area contributed by atoms with Crippen molar-refractivity contribution >= 4 is 59.2 Å². The molecule has 11 nitrogen and oxygen atoms in total. The topological polar surface area (TPSA) is 177 Å². The molecule has 2 aromatic carbocycles. The second kappa shape index (κ2) is 11.5. The number of nitrogens with zero attached hydrogens (tertiary/aromatic N) is 3. The Morgan fingerprint density at radius 2 is 1.06 bits per heavy atom. The largest absolute Gasteiger partial charge is 0.384 e. The number of amidine groups is 2. The molecule has 1 heterocycles. The zero-order valence-corrected chi connectivity index (χ0v) is 19.9. The van der Waals surface area contributed by atoms with Crippen LogP contribution in [0, 0.1) is 10.8 Å². The van der Waals surface area contributed by atoms with E-state index in [2.05, 4.69) is 15.6 Å². The van der Waals surface area contributed by atoms with Crippen molar-refractivity contribution in [3.05, 3.63) is 77.9 Å². The molecular weight excluding hydrogens is 470 g/mol. The smallest absolute Gasteiger partial charge is 0.327 e. The molecule has 182 valence electrons. The molecule has 3 aromatic rings. The first-order chi connectivity index (χ1) is 16.2. The Labute approximate surface area is 208 Å². The normalized spacial score (nSPS) is 9.89. The molecule has 12 heteroatoms. The molecule has 0 unspecified atom stereocenters. The number of nitrogens with one attached hydrogen (secondary N) is 4. The van der Waals surface area contributed by atoms with Gasteiger partial charge in [-0.2, -0.15) is 0 Å². The monoisotopic (exact) mass is 495 g/mol. The summed E-state index contributed by atoms with van der Waals surface area (Å²) in [6.45, 7) is 0. The van der Waals surface area contributed by atoms with Crippen molar-refractivity contribution in [2.45, 2.75) is 0 Å². The molecule has 0 saturated carbocycles. The van der Waals surface area contributed by atoms with Gasteiger partial charge >= 0.3 is 12.1 Å². The zero-order chi connectivity index (χ0) is 24.8. The molecule has 35 heavy (non-hydrogen) atoms. The van der Waals surface area contributed by atoms with Crippen LogP contribution in [-0.4, -0.2) is 42.8 Å². The van der Waals surface area contributed by atoms with Gasteiger partial charge in [-0.25, -0.2) is 14.6 Å². The minimum absolute atomic E-state index is 0. The molecule has 0 aliphatic heterocycles. The predicted octanol–water partition coefficient (Wildman–Crippen LogP) is 3.41. The third-order valence-corrected chi connectivity index (χ3v) is 4.91. The molecule has 0 aliphatic carbocycles. The molecule has 3 rings (SSSR count). The lowest BCUT2D eigenvalue weighted by Gasteiger charge is -2.21. The van der Waals surface area contributed by atoms with E-state index in [0.717, 1.165) is 0 Å². The van der Waals surface area contributed by atoms with E-state index in [1.165, 1.54) is 9.80 Å². The Kier molecular flexibility index (Phi) is 8.73. The third-order valence-electron chi connectivity index (χ3n) is 4.91. The van der Waals surface area contributed by atoms with Crippen molar-refractivity contribution in [2.24, 2.45) is 11.5 Å². The number of urea groups is 2. The number of halogens is 1. The Bertz CT molecular complexity index is 1140. The summed E-state index contributed by atoms with van der Waals surface area (Å²) in [5.74, 6) is 0.552. The van der Waals surface area contributed by atoms with E-state index < -0.39 is 12.1 Å². The lowest BCUT2D eigenvalue weighted by Crippen LogP contribution is -2.34. The van der Waals surface area contributed by atoms with E-state index in [0.29, 0.717) is 34.1 Å². The van der Waals surface area contributed by atoms with Crippen LogP contribution in [0.4, 0.5) is 32.6 Å². The van der Waals surface area contributed by atoms with Gasteiger partial charge < -0.3 is 22.1 Å². The van der Waals surface area contributed by atoms with Crippen molar-refractivity contribution in [1.82, 2.24) is 4.98 Å². The Hall–Kier alpha value is -4.64. The maximum atomic E-state index is 12.7. The number of hydrogen-bond donors (Lipinski definition) is 6. The molecule has 0 saturated heterocycles. The number of nitrogens with two attached hydrogens (primary N) is 2. The lowest BCUT2D eigenvalue weighted by molar-refractivity contribution is 0.257. The molecule has 0 aliphatic rings. The van der Waals surface area contributed by atoms with Gasteiger partial charge in [0.05, 0.1) is 0 Å². The number of aromatic nitrogens is 1. The van der Waals surface area contributed by atoms with Crippen molar-refractivity contribution in [3.63, 3.8) is 0 Å². The first-order valence-corrected chi connectivity index (χ1v) is 10.1. The molecular formula is C23H26ClN9O2. The van der Waals surface area contributed by atoms with Gasteiger partial charge in [-0.15, -0.1) is 12.4 Å². The summed E-state index contributed by atoms with van der Waals surface area (Å²) in [6, 6.07) is 17.3. The Balaban J connectivity index is 0.00000432. The highest BCUT2D eigenvalue weighted by Crippen LogP contribution is 2.19. The van der Waals surface area contributed by atoms with E-state index in [1.807, 2.05) is 0 Å². The summed E-state index contributed by atoms with van der Waals surface area (Å²) in [6.07, 6.45) is 0. The van der Waals surface area contributed by atoms with E-state index in [9.17, 15) is 9.59 Å². The number of hydrogen-bond acceptors (Lipinski definition) is 5. The van der Waals surface area contributed by atoms with E-state index in [-0.39, 0.29) is 24.1 Å². The number of carbonyl (C=O) groups excluding carboxylic acids is 2. The van der Waals surface area contributed by atoms with Gasteiger partial charge in [-0.05, 0) is 60.7 Å². The second-order valence-electron chi connectivity index (χ2n) is 7.31. The average Bonchev–Trinajstić information content (AvgIpc) is 2.83. The first kappa shape index (κ1) is 26.6. The van der Waals surface area contributed by atoms with E-state index in [1.54, 1.807) is 80.8 Å². The quantitative estimate of drug-likeness (QED) is 0.226. The fraction of sp³-hybridized carbons (Fsp3) is 0.0870. The maximum absolute atomic E-state index is 12.7. The maximum Gasteiger partial charge on any atom is 0.327 e. The molecule has 1 aromatic heterocycles. The molecule has 0 fully saturated rings. The highest BCUT2D eigenvalue weighted by atomic mass is 35.5. The first-order valence-electron chi connectivity index (χ1n) is 10.1. The van der Waals surface area contributed by atoms with Crippen LogP contribution in [0.25, 0.3) is 0 Å². The number of pyridine rings is 1. The van der Waals surface area contributed by atoms with Crippen LogP contribution in [0.1, 0.15) is 11.1 Å². The highest BCUT2D eigenvalue weighted by molar-refractivity contribution is 6.03. The van der Waals surface area contributed by atoms with Crippen LogP contribution in [-0.2, 0) is 0 Å². The Morgan fingerprint density at radius 3 is 1.37 bits per heavy atom. The van der Waals surface area contributed by atoms with Crippen LogP contribution >= 0.6 is 12.4 Å². The van der Waals surface area contributed by atoms with Gasteiger partial charge in [-0.1, -0.05) is 6.07 Å².